The summed E-state index contributed by atoms with van der Waals surface area (Å²) in [7, 11) is 0. The number of carbonyl (C=O) groups excluding carboxylic acids is 1. The van der Waals surface area contributed by atoms with Crippen LogP contribution in [-0.4, -0.2) is 29.3 Å². The second kappa shape index (κ2) is 6.69. The average molecular weight is 304 g/mol. The molecular formula is C18H28N2O2. The first-order chi connectivity index (χ1) is 10.3. The van der Waals surface area contributed by atoms with E-state index in [0.717, 1.165) is 12.8 Å². The van der Waals surface area contributed by atoms with E-state index in [0.29, 0.717) is 12.5 Å². The van der Waals surface area contributed by atoms with Crippen LogP contribution in [-0.2, 0) is 4.74 Å². The smallest absolute Gasteiger partial charge is 0.411 e. The van der Waals surface area contributed by atoms with Crippen molar-refractivity contribution in [1.82, 2.24) is 4.90 Å². The van der Waals surface area contributed by atoms with E-state index in [1.165, 1.54) is 5.56 Å². The third-order valence-electron chi connectivity index (χ3n) is 4.33. The van der Waals surface area contributed by atoms with Crippen LogP contribution >= 0.6 is 0 Å². The SMILES string of the molecule is CC(c1ccccc1)C1CCCN(C(=O)OC(C)(C)C)[C@H]1N. The van der Waals surface area contributed by atoms with Gasteiger partial charge in [0.05, 0.1) is 6.17 Å². The van der Waals surface area contributed by atoms with Crippen LogP contribution in [0.15, 0.2) is 30.3 Å². The molecule has 2 rings (SSSR count). The van der Waals surface area contributed by atoms with Crippen molar-refractivity contribution in [2.75, 3.05) is 6.54 Å². The highest BCUT2D eigenvalue weighted by Crippen LogP contribution is 2.34. The molecule has 4 heteroatoms. The lowest BCUT2D eigenvalue weighted by Crippen LogP contribution is -2.55. The number of hydrogen-bond donors (Lipinski definition) is 1. The molecule has 1 aromatic rings. The number of nitrogens with zero attached hydrogens (tertiary/aromatic N) is 1. The molecule has 0 aromatic heterocycles. The molecule has 0 spiro atoms. The lowest BCUT2D eigenvalue weighted by molar-refractivity contribution is -0.00121. The molecule has 1 aliphatic rings. The normalized spacial score (nSPS) is 24.0. The Hall–Kier alpha value is -1.55. The number of amides is 1. The third kappa shape index (κ3) is 4.01. The fourth-order valence-corrected chi connectivity index (χ4v) is 3.13. The Morgan fingerprint density at radius 2 is 1.95 bits per heavy atom. The van der Waals surface area contributed by atoms with Crippen molar-refractivity contribution in [2.24, 2.45) is 11.7 Å². The van der Waals surface area contributed by atoms with E-state index >= 15 is 0 Å². The molecule has 1 saturated heterocycles. The highest BCUT2D eigenvalue weighted by molar-refractivity contribution is 5.68. The summed E-state index contributed by atoms with van der Waals surface area (Å²) in [6.07, 6.45) is 1.41. The van der Waals surface area contributed by atoms with Crippen molar-refractivity contribution in [3.05, 3.63) is 35.9 Å². The zero-order chi connectivity index (χ0) is 16.3. The molecule has 22 heavy (non-hydrogen) atoms. The first-order valence-corrected chi connectivity index (χ1v) is 8.10. The van der Waals surface area contributed by atoms with E-state index in [1.807, 2.05) is 39.0 Å². The van der Waals surface area contributed by atoms with E-state index in [9.17, 15) is 4.79 Å². The van der Waals surface area contributed by atoms with Crippen molar-refractivity contribution in [1.29, 1.82) is 0 Å². The number of likely N-dealkylation sites (tertiary alicyclic amines) is 1. The molecule has 1 fully saturated rings. The van der Waals surface area contributed by atoms with Gasteiger partial charge in [0.15, 0.2) is 0 Å². The van der Waals surface area contributed by atoms with Crippen LogP contribution < -0.4 is 5.73 Å². The van der Waals surface area contributed by atoms with Gasteiger partial charge in [-0.2, -0.15) is 0 Å². The number of hydrogen-bond acceptors (Lipinski definition) is 3. The zero-order valence-electron chi connectivity index (χ0n) is 14.1. The summed E-state index contributed by atoms with van der Waals surface area (Å²) in [5.41, 5.74) is 7.19. The van der Waals surface area contributed by atoms with Gasteiger partial charge in [0.2, 0.25) is 0 Å². The Morgan fingerprint density at radius 3 is 2.55 bits per heavy atom. The maximum atomic E-state index is 12.4. The summed E-state index contributed by atoms with van der Waals surface area (Å²) in [4.78, 5) is 14.0. The summed E-state index contributed by atoms with van der Waals surface area (Å²) in [6.45, 7) is 8.51. The highest BCUT2D eigenvalue weighted by atomic mass is 16.6. The molecule has 1 aliphatic heterocycles. The maximum absolute atomic E-state index is 12.4. The van der Waals surface area contributed by atoms with Crippen molar-refractivity contribution in [2.45, 2.75) is 58.2 Å². The molecule has 0 bridgehead atoms. The predicted octanol–water partition coefficient (Wildman–Crippen LogP) is 3.72. The monoisotopic (exact) mass is 304 g/mol. The number of nitrogens with two attached hydrogens (primary N) is 1. The largest absolute Gasteiger partial charge is 0.444 e. The topological polar surface area (TPSA) is 55.6 Å². The van der Waals surface area contributed by atoms with Crippen LogP contribution in [0.2, 0.25) is 0 Å². The van der Waals surface area contributed by atoms with Gasteiger partial charge in [-0.3, -0.25) is 4.90 Å². The second-order valence-electron chi connectivity index (χ2n) is 7.17. The minimum atomic E-state index is -0.491. The number of carbonyl (C=O) groups is 1. The standard InChI is InChI=1S/C18H28N2O2/c1-13(14-9-6-5-7-10-14)15-11-8-12-20(16(15)19)17(21)22-18(2,3)4/h5-7,9-10,13,15-16H,8,11-12,19H2,1-4H3/t13?,15?,16-/m1/s1. The van der Waals surface area contributed by atoms with Gasteiger partial charge in [-0.1, -0.05) is 37.3 Å². The van der Waals surface area contributed by atoms with Crippen LogP contribution in [0, 0.1) is 5.92 Å². The van der Waals surface area contributed by atoms with E-state index < -0.39 is 5.60 Å². The number of piperidine rings is 1. The van der Waals surface area contributed by atoms with E-state index in [4.69, 9.17) is 10.5 Å². The second-order valence-corrected chi connectivity index (χ2v) is 7.17. The van der Waals surface area contributed by atoms with Gasteiger partial charge in [0, 0.05) is 6.54 Å². The van der Waals surface area contributed by atoms with Crippen molar-refractivity contribution >= 4 is 6.09 Å². The first-order valence-electron chi connectivity index (χ1n) is 8.10. The molecule has 0 saturated carbocycles. The van der Waals surface area contributed by atoms with E-state index in [1.54, 1.807) is 4.90 Å². The lowest BCUT2D eigenvalue weighted by atomic mass is 9.80. The fraction of sp³-hybridized carbons (Fsp3) is 0.611. The van der Waals surface area contributed by atoms with Gasteiger partial charge in [0.1, 0.15) is 5.60 Å². The van der Waals surface area contributed by atoms with Gasteiger partial charge >= 0.3 is 6.09 Å². The number of ether oxygens (including phenoxy) is 1. The van der Waals surface area contributed by atoms with Crippen LogP contribution in [0.3, 0.4) is 0 Å². The van der Waals surface area contributed by atoms with Crippen molar-refractivity contribution in [3.63, 3.8) is 0 Å². The molecule has 2 unspecified atom stereocenters. The van der Waals surface area contributed by atoms with E-state index in [-0.39, 0.29) is 18.2 Å². The Balaban J connectivity index is 2.10. The predicted molar refractivity (Wildman–Crippen MR) is 88.5 cm³/mol. The summed E-state index contributed by atoms with van der Waals surface area (Å²) in [5.74, 6) is 0.574. The molecule has 1 heterocycles. The molecule has 122 valence electrons. The molecule has 0 radical (unpaired) electrons. The van der Waals surface area contributed by atoms with Gasteiger partial charge in [-0.05, 0) is 51.0 Å². The molecule has 3 atom stereocenters. The molecule has 1 aromatic carbocycles. The number of benzene rings is 1. The fourth-order valence-electron chi connectivity index (χ4n) is 3.13. The Morgan fingerprint density at radius 1 is 1.32 bits per heavy atom. The quantitative estimate of drug-likeness (QED) is 0.906. The summed E-state index contributed by atoms with van der Waals surface area (Å²) in [6, 6.07) is 10.4. The van der Waals surface area contributed by atoms with Crippen molar-refractivity contribution < 1.29 is 9.53 Å². The lowest BCUT2D eigenvalue weighted by Gasteiger charge is -2.42. The van der Waals surface area contributed by atoms with Crippen LogP contribution in [0.1, 0.15) is 52.0 Å². The zero-order valence-corrected chi connectivity index (χ0v) is 14.1. The Bertz CT molecular complexity index is 496. The van der Waals surface area contributed by atoms with E-state index in [2.05, 4.69) is 19.1 Å². The van der Waals surface area contributed by atoms with Gasteiger partial charge in [0.25, 0.3) is 0 Å². The summed E-state index contributed by atoms with van der Waals surface area (Å²) in [5, 5.41) is 0. The van der Waals surface area contributed by atoms with Gasteiger partial charge in [-0.25, -0.2) is 4.79 Å². The average Bonchev–Trinajstić information content (AvgIpc) is 2.46. The molecule has 1 amide bonds. The minimum Gasteiger partial charge on any atom is -0.444 e. The van der Waals surface area contributed by atoms with Gasteiger partial charge < -0.3 is 10.5 Å². The van der Waals surface area contributed by atoms with Gasteiger partial charge in [-0.15, -0.1) is 0 Å². The molecule has 0 aliphatic carbocycles. The summed E-state index contributed by atoms with van der Waals surface area (Å²) < 4.78 is 5.49. The highest BCUT2D eigenvalue weighted by Gasteiger charge is 2.37. The number of rotatable bonds is 2. The van der Waals surface area contributed by atoms with Crippen LogP contribution in [0.25, 0.3) is 0 Å². The first kappa shape index (κ1) is 16.8. The minimum absolute atomic E-state index is 0.253. The maximum Gasteiger partial charge on any atom is 0.411 e. The van der Waals surface area contributed by atoms with Crippen molar-refractivity contribution in [3.8, 4) is 0 Å². The molecule has 4 nitrogen and oxygen atoms in total. The molecular weight excluding hydrogens is 276 g/mol. The Labute approximate surface area is 133 Å². The molecule has 2 N–H and O–H groups in total. The van der Waals surface area contributed by atoms with Crippen LogP contribution in [0.4, 0.5) is 4.79 Å². The van der Waals surface area contributed by atoms with Crippen LogP contribution in [0.5, 0.6) is 0 Å². The third-order valence-corrected chi connectivity index (χ3v) is 4.33. The Kier molecular flexibility index (Phi) is 5.12. The summed E-state index contributed by atoms with van der Waals surface area (Å²) >= 11 is 0.